The van der Waals surface area contributed by atoms with Crippen LogP contribution in [0.25, 0.3) is 0 Å². The van der Waals surface area contributed by atoms with Crippen LogP contribution in [0.2, 0.25) is 0 Å². The van der Waals surface area contributed by atoms with E-state index in [1.807, 2.05) is 0 Å². The van der Waals surface area contributed by atoms with Gasteiger partial charge < -0.3 is 5.32 Å². The van der Waals surface area contributed by atoms with Crippen molar-refractivity contribution in [2.45, 2.75) is 38.6 Å². The first-order valence-electron chi connectivity index (χ1n) is 6.24. The molecule has 3 unspecified atom stereocenters. The number of nitrogens with zero attached hydrogens (tertiary/aromatic N) is 1. The van der Waals surface area contributed by atoms with E-state index in [2.05, 4.69) is 17.1 Å². The van der Waals surface area contributed by atoms with Gasteiger partial charge >= 0.3 is 0 Å². The molecule has 2 aliphatic heterocycles. The predicted molar refractivity (Wildman–Crippen MR) is 58.3 cm³/mol. The summed E-state index contributed by atoms with van der Waals surface area (Å²) >= 11 is 0. The second-order valence-corrected chi connectivity index (χ2v) is 5.77. The zero-order valence-corrected chi connectivity index (χ0v) is 9.26. The third-order valence-electron chi connectivity index (χ3n) is 4.84. The second kappa shape index (κ2) is 3.21. The molecule has 2 saturated heterocycles. The topological polar surface area (TPSA) is 15.3 Å². The normalized spacial score (nSPS) is 48.6. The number of likely N-dealkylation sites (tertiary alicyclic amines) is 1. The van der Waals surface area contributed by atoms with E-state index >= 15 is 0 Å². The molecule has 3 rings (SSSR count). The second-order valence-electron chi connectivity index (χ2n) is 5.77. The predicted octanol–water partition coefficient (Wildman–Crippen LogP) is 1.47. The van der Waals surface area contributed by atoms with E-state index in [9.17, 15) is 0 Å². The van der Waals surface area contributed by atoms with Gasteiger partial charge in [-0.1, -0.05) is 6.92 Å². The summed E-state index contributed by atoms with van der Waals surface area (Å²) in [7, 11) is 0. The summed E-state index contributed by atoms with van der Waals surface area (Å²) in [6.45, 7) is 7.72. The van der Waals surface area contributed by atoms with Gasteiger partial charge in [0.2, 0.25) is 0 Å². The molecule has 2 heterocycles. The van der Waals surface area contributed by atoms with Crippen LogP contribution in [0.3, 0.4) is 0 Å². The van der Waals surface area contributed by atoms with Crippen LogP contribution in [0.15, 0.2) is 0 Å². The van der Waals surface area contributed by atoms with Crippen molar-refractivity contribution in [3.63, 3.8) is 0 Å². The first kappa shape index (κ1) is 9.17. The molecule has 2 heteroatoms. The van der Waals surface area contributed by atoms with Crippen LogP contribution in [0, 0.1) is 11.3 Å². The van der Waals surface area contributed by atoms with Crippen LogP contribution in [-0.4, -0.2) is 37.1 Å². The first-order chi connectivity index (χ1) is 6.79. The van der Waals surface area contributed by atoms with Gasteiger partial charge in [0.1, 0.15) is 0 Å². The van der Waals surface area contributed by atoms with Gasteiger partial charge in [0.05, 0.1) is 0 Å². The Labute approximate surface area is 87.0 Å². The summed E-state index contributed by atoms with van der Waals surface area (Å²) in [5.74, 6) is 0.972. The lowest BCUT2D eigenvalue weighted by atomic mass is 9.80. The molecule has 2 nitrogen and oxygen atoms in total. The van der Waals surface area contributed by atoms with Crippen molar-refractivity contribution in [3.05, 3.63) is 0 Å². The van der Waals surface area contributed by atoms with E-state index in [1.165, 1.54) is 51.9 Å². The van der Waals surface area contributed by atoms with Gasteiger partial charge in [0, 0.05) is 19.1 Å². The average Bonchev–Trinajstić information content (AvgIpc) is 2.76. The van der Waals surface area contributed by atoms with E-state index in [-0.39, 0.29) is 0 Å². The van der Waals surface area contributed by atoms with Gasteiger partial charge in [-0.3, -0.25) is 4.90 Å². The Balaban J connectivity index is 1.63. The zero-order valence-electron chi connectivity index (χ0n) is 9.26. The fraction of sp³-hybridized carbons (Fsp3) is 1.00. The Hall–Kier alpha value is -0.0800. The van der Waals surface area contributed by atoms with E-state index in [1.54, 1.807) is 0 Å². The van der Waals surface area contributed by atoms with E-state index < -0.39 is 0 Å². The Morgan fingerprint density at radius 1 is 1.29 bits per heavy atom. The van der Waals surface area contributed by atoms with Crippen molar-refractivity contribution in [2.24, 2.45) is 11.3 Å². The minimum atomic E-state index is 0.676. The maximum atomic E-state index is 3.54. The van der Waals surface area contributed by atoms with Crippen molar-refractivity contribution in [3.8, 4) is 0 Å². The minimum absolute atomic E-state index is 0.676. The van der Waals surface area contributed by atoms with E-state index in [0.717, 1.165) is 12.0 Å². The molecule has 0 aromatic heterocycles. The van der Waals surface area contributed by atoms with Gasteiger partial charge in [0.25, 0.3) is 0 Å². The van der Waals surface area contributed by atoms with Gasteiger partial charge in [-0.15, -0.1) is 0 Å². The number of rotatable bonds is 1. The van der Waals surface area contributed by atoms with Crippen molar-refractivity contribution < 1.29 is 0 Å². The number of nitrogens with one attached hydrogen (secondary N) is 1. The molecule has 14 heavy (non-hydrogen) atoms. The highest BCUT2D eigenvalue weighted by Crippen LogP contribution is 2.41. The molecule has 3 atom stereocenters. The highest BCUT2D eigenvalue weighted by atomic mass is 15.2. The van der Waals surface area contributed by atoms with E-state index in [4.69, 9.17) is 0 Å². The van der Waals surface area contributed by atoms with Crippen LogP contribution >= 0.6 is 0 Å². The lowest BCUT2D eigenvalue weighted by Crippen LogP contribution is -2.45. The van der Waals surface area contributed by atoms with E-state index in [0.29, 0.717) is 5.41 Å². The number of hydrogen-bond donors (Lipinski definition) is 1. The third kappa shape index (κ3) is 1.31. The van der Waals surface area contributed by atoms with Gasteiger partial charge in [-0.25, -0.2) is 0 Å². The molecule has 0 aromatic carbocycles. The molecule has 3 aliphatic rings. The van der Waals surface area contributed by atoms with Crippen LogP contribution in [0.5, 0.6) is 0 Å². The highest BCUT2D eigenvalue weighted by Gasteiger charge is 2.44. The highest BCUT2D eigenvalue weighted by molar-refractivity contribution is 4.99. The van der Waals surface area contributed by atoms with Crippen molar-refractivity contribution in [1.29, 1.82) is 0 Å². The van der Waals surface area contributed by atoms with Gasteiger partial charge in [-0.2, -0.15) is 0 Å². The lowest BCUT2D eigenvalue weighted by molar-refractivity contribution is 0.0839. The molecule has 80 valence electrons. The van der Waals surface area contributed by atoms with Crippen molar-refractivity contribution in [1.82, 2.24) is 10.2 Å². The minimum Gasteiger partial charge on any atom is -0.316 e. The average molecular weight is 194 g/mol. The Bertz CT molecular complexity index is 220. The molecule has 0 bridgehead atoms. The largest absolute Gasteiger partial charge is 0.316 e. The van der Waals surface area contributed by atoms with Crippen molar-refractivity contribution >= 4 is 0 Å². The fourth-order valence-electron chi connectivity index (χ4n) is 3.59. The summed E-state index contributed by atoms with van der Waals surface area (Å²) in [6, 6.07) is 0.940. The maximum Gasteiger partial charge on any atom is 0.0121 e. The van der Waals surface area contributed by atoms with Crippen LogP contribution < -0.4 is 5.32 Å². The monoisotopic (exact) mass is 194 g/mol. The molecule has 1 saturated carbocycles. The molecule has 3 fully saturated rings. The molecule has 1 N–H and O–H groups in total. The lowest BCUT2D eigenvalue weighted by Gasteiger charge is -2.41. The Morgan fingerprint density at radius 2 is 2.21 bits per heavy atom. The number of hydrogen-bond acceptors (Lipinski definition) is 2. The van der Waals surface area contributed by atoms with Crippen molar-refractivity contribution in [2.75, 3.05) is 26.2 Å². The quantitative estimate of drug-likeness (QED) is 0.680. The summed E-state index contributed by atoms with van der Waals surface area (Å²) in [4.78, 5) is 2.78. The fourth-order valence-corrected chi connectivity index (χ4v) is 3.59. The SMILES string of the molecule is CC1CCC1N1CCC2(CCNC2)C1. The van der Waals surface area contributed by atoms with Gasteiger partial charge in [0.15, 0.2) is 0 Å². The smallest absolute Gasteiger partial charge is 0.0121 e. The summed E-state index contributed by atoms with van der Waals surface area (Å²) in [6.07, 6.45) is 5.80. The molecule has 1 spiro atoms. The zero-order chi connectivity index (χ0) is 9.60. The summed E-state index contributed by atoms with van der Waals surface area (Å²) in [5, 5.41) is 3.54. The maximum absolute atomic E-state index is 3.54. The molecule has 0 aromatic rings. The van der Waals surface area contributed by atoms with Gasteiger partial charge in [-0.05, 0) is 50.1 Å². The Kier molecular flexibility index (Phi) is 2.10. The van der Waals surface area contributed by atoms with Crippen LogP contribution in [0.4, 0.5) is 0 Å². The molecular formula is C12H22N2. The third-order valence-corrected chi connectivity index (χ3v) is 4.84. The Morgan fingerprint density at radius 3 is 2.79 bits per heavy atom. The molecule has 0 amide bonds. The standard InChI is InChI=1S/C12H22N2/c1-10-2-3-11(10)14-7-5-12(9-14)4-6-13-8-12/h10-11,13H,2-9H2,1H3. The van der Waals surface area contributed by atoms with Crippen LogP contribution in [0.1, 0.15) is 32.6 Å². The van der Waals surface area contributed by atoms with Crippen LogP contribution in [-0.2, 0) is 0 Å². The molecular weight excluding hydrogens is 172 g/mol. The summed E-state index contributed by atoms with van der Waals surface area (Å²) < 4.78 is 0. The molecule has 0 radical (unpaired) electrons. The first-order valence-corrected chi connectivity index (χ1v) is 6.24. The summed E-state index contributed by atoms with van der Waals surface area (Å²) in [5.41, 5.74) is 0.676. The molecule has 1 aliphatic carbocycles.